The molecule has 0 aliphatic rings. The van der Waals surface area contributed by atoms with Crippen LogP contribution >= 0.6 is 12.0 Å². The number of hydrogen-bond acceptors (Lipinski definition) is 14. The Hall–Kier alpha value is -5.25. The van der Waals surface area contributed by atoms with Crippen LogP contribution in [0.15, 0.2) is 79.5 Å². The van der Waals surface area contributed by atoms with E-state index in [-0.39, 0.29) is 28.1 Å². The Kier molecular flexibility index (Phi) is 10.1. The summed E-state index contributed by atoms with van der Waals surface area (Å²) in [4.78, 5) is 51.7. The van der Waals surface area contributed by atoms with Crippen molar-refractivity contribution in [1.29, 1.82) is 0 Å². The first-order valence-electron chi connectivity index (χ1n) is 12.5. The van der Waals surface area contributed by atoms with Crippen molar-refractivity contribution in [2.75, 3.05) is 0 Å². The van der Waals surface area contributed by atoms with Gasteiger partial charge in [-0.05, 0) is 48.0 Å². The van der Waals surface area contributed by atoms with Gasteiger partial charge in [0.2, 0.25) is 5.88 Å². The molecule has 46 heavy (non-hydrogen) atoms. The van der Waals surface area contributed by atoms with Crippen LogP contribution in [-0.2, 0) is 29.1 Å². The number of amides is 1. The summed E-state index contributed by atoms with van der Waals surface area (Å²) in [5, 5.41) is 50.2. The van der Waals surface area contributed by atoms with Gasteiger partial charge < -0.3 is 21.1 Å². The summed E-state index contributed by atoms with van der Waals surface area (Å²) in [6.45, 7) is 0. The maximum atomic E-state index is 13.3. The van der Waals surface area contributed by atoms with Crippen molar-refractivity contribution in [2.45, 2.75) is 28.6 Å². The summed E-state index contributed by atoms with van der Waals surface area (Å²) < 4.78 is 38.0. The second-order valence-electron chi connectivity index (χ2n) is 9.27. The van der Waals surface area contributed by atoms with Gasteiger partial charge in [0.05, 0.1) is 51.6 Å². The van der Waals surface area contributed by atoms with Crippen LogP contribution in [0.5, 0.6) is 5.88 Å². The third-order valence-electron chi connectivity index (χ3n) is 6.37. The number of carboxylic acid groups (broad SMARTS) is 2. The Labute approximate surface area is 261 Å². The van der Waals surface area contributed by atoms with Crippen LogP contribution in [-0.4, -0.2) is 60.9 Å². The third-order valence-corrected chi connectivity index (χ3v) is 7.87. The lowest BCUT2D eigenvalue weighted by Crippen LogP contribution is -2.29. The molecule has 0 bridgehead atoms. The topological polar surface area (TPSA) is 291 Å². The SMILES string of the molecule is NC(=O)c1cc(N=Nc2ccc(C(CC(=O)O)CC(=O)O)c3ncccc23)c(O)n(-c2cc(S(=O)(=O)O)ccc2SOOO)c1=O. The summed E-state index contributed by atoms with van der Waals surface area (Å²) in [5.41, 5.74) is 3.00. The number of carboxylic acids is 2. The lowest BCUT2D eigenvalue weighted by atomic mass is 9.90. The van der Waals surface area contributed by atoms with Gasteiger partial charge in [0.1, 0.15) is 11.3 Å². The van der Waals surface area contributed by atoms with E-state index in [4.69, 9.17) is 11.0 Å². The highest BCUT2D eigenvalue weighted by Crippen LogP contribution is 2.38. The number of aromatic hydroxyl groups is 1. The number of carbonyl (C=O) groups is 3. The van der Waals surface area contributed by atoms with Gasteiger partial charge in [-0.25, -0.2) is 9.82 Å². The lowest BCUT2D eigenvalue weighted by molar-refractivity contribution is -0.432. The van der Waals surface area contributed by atoms with Crippen LogP contribution < -0.4 is 11.3 Å². The van der Waals surface area contributed by atoms with Crippen LogP contribution in [0.25, 0.3) is 16.6 Å². The van der Waals surface area contributed by atoms with Crippen LogP contribution in [0.1, 0.15) is 34.7 Å². The van der Waals surface area contributed by atoms with Crippen molar-refractivity contribution < 1.29 is 57.3 Å². The molecule has 2 aromatic heterocycles. The first kappa shape index (κ1) is 33.6. The van der Waals surface area contributed by atoms with Gasteiger partial charge in [0.15, 0.2) is 0 Å². The van der Waals surface area contributed by atoms with Crippen LogP contribution in [0.4, 0.5) is 11.4 Å². The molecule has 0 spiro atoms. The number of rotatable bonds is 13. The molecule has 4 rings (SSSR count). The lowest BCUT2D eigenvalue weighted by Gasteiger charge is -2.16. The number of fused-ring (bicyclic) bond motifs is 1. The summed E-state index contributed by atoms with van der Waals surface area (Å²) in [6, 6.07) is 9.36. The fourth-order valence-corrected chi connectivity index (χ4v) is 5.40. The van der Waals surface area contributed by atoms with Crippen molar-refractivity contribution >= 4 is 62.3 Å². The highest BCUT2D eigenvalue weighted by molar-refractivity contribution is 7.94. The Morgan fingerprint density at radius 1 is 1.02 bits per heavy atom. The van der Waals surface area contributed by atoms with Crippen molar-refractivity contribution in [3.8, 4) is 11.6 Å². The molecule has 0 aliphatic heterocycles. The zero-order valence-electron chi connectivity index (χ0n) is 22.9. The van der Waals surface area contributed by atoms with Crippen LogP contribution in [0, 0.1) is 0 Å². The van der Waals surface area contributed by atoms with Crippen LogP contribution in [0.2, 0.25) is 0 Å². The summed E-state index contributed by atoms with van der Waals surface area (Å²) >= 11 is 0.251. The normalized spacial score (nSPS) is 11.8. The van der Waals surface area contributed by atoms with Crippen molar-refractivity contribution in [3.63, 3.8) is 0 Å². The number of hydrogen-bond donors (Lipinski definition) is 6. The minimum Gasteiger partial charge on any atom is -0.493 e. The summed E-state index contributed by atoms with van der Waals surface area (Å²) in [7, 11) is -4.86. The number of nitrogens with two attached hydrogens (primary N) is 1. The average molecular weight is 676 g/mol. The highest BCUT2D eigenvalue weighted by atomic mass is 32.2. The van der Waals surface area contributed by atoms with E-state index in [0.717, 1.165) is 24.3 Å². The number of pyridine rings is 2. The molecule has 4 aromatic rings. The van der Waals surface area contributed by atoms with Gasteiger partial charge in [-0.15, -0.1) is 14.6 Å². The van der Waals surface area contributed by atoms with Gasteiger partial charge >= 0.3 is 11.9 Å². The predicted octanol–water partition coefficient (Wildman–Crippen LogP) is 3.31. The molecule has 2 heterocycles. The molecular weight excluding hydrogens is 654 g/mol. The molecule has 2 aromatic carbocycles. The molecule has 0 radical (unpaired) electrons. The standard InChI is InChI=1S/C26H21N5O13S2/c27-24(36)16-11-18(26(38)31(25(16)37)19-10-13(46(40,41)42)3-6-20(19)45-44-43-39)30-29-17-5-4-14(23-15(17)2-1-7-28-23)12(8-21(32)33)9-22(34)35/h1-7,10-12,38-39H,8-9H2,(H2,27,36)(H,32,33)(H,34,35)(H,40,41,42). The van der Waals surface area contributed by atoms with E-state index >= 15 is 0 Å². The molecule has 1 amide bonds. The van der Waals surface area contributed by atoms with E-state index in [1.54, 1.807) is 6.07 Å². The van der Waals surface area contributed by atoms with Crippen molar-refractivity contribution in [2.24, 2.45) is 16.0 Å². The number of azo groups is 1. The van der Waals surface area contributed by atoms with Gasteiger partial charge in [0, 0.05) is 17.5 Å². The van der Waals surface area contributed by atoms with Crippen molar-refractivity contribution in [1.82, 2.24) is 9.55 Å². The number of aliphatic carboxylic acids is 2. The predicted molar refractivity (Wildman–Crippen MR) is 156 cm³/mol. The molecule has 240 valence electrons. The second kappa shape index (κ2) is 13.8. The van der Waals surface area contributed by atoms with Gasteiger partial charge in [-0.2, -0.15) is 8.42 Å². The smallest absolute Gasteiger partial charge is 0.303 e. The Morgan fingerprint density at radius 3 is 2.30 bits per heavy atom. The van der Waals surface area contributed by atoms with Crippen LogP contribution in [0.3, 0.4) is 0 Å². The maximum Gasteiger partial charge on any atom is 0.303 e. The highest BCUT2D eigenvalue weighted by Gasteiger charge is 2.25. The van der Waals surface area contributed by atoms with E-state index in [9.17, 15) is 47.5 Å². The second-order valence-corrected chi connectivity index (χ2v) is 11.4. The average Bonchev–Trinajstić information content (AvgIpc) is 2.98. The molecule has 18 nitrogen and oxygen atoms in total. The maximum absolute atomic E-state index is 13.3. The number of carbonyl (C=O) groups excluding carboxylic acids is 1. The summed E-state index contributed by atoms with van der Waals surface area (Å²) in [6.07, 6.45) is 0.394. The van der Waals surface area contributed by atoms with Gasteiger partial charge in [0.25, 0.3) is 21.6 Å². The van der Waals surface area contributed by atoms with Crippen molar-refractivity contribution in [3.05, 3.63) is 76.2 Å². The minimum atomic E-state index is -4.86. The largest absolute Gasteiger partial charge is 0.493 e. The number of benzene rings is 2. The van der Waals surface area contributed by atoms with E-state index < -0.39 is 80.0 Å². The Bertz CT molecular complexity index is 2050. The monoisotopic (exact) mass is 675 g/mol. The molecule has 0 aliphatic carbocycles. The fourth-order valence-electron chi connectivity index (χ4n) is 4.44. The number of primary amides is 1. The van der Waals surface area contributed by atoms with Gasteiger partial charge in [-0.1, -0.05) is 11.1 Å². The Balaban J connectivity index is 1.92. The minimum absolute atomic E-state index is 0.0899. The Morgan fingerprint density at radius 2 is 1.70 bits per heavy atom. The zero-order chi connectivity index (χ0) is 33.8. The molecule has 20 heteroatoms. The molecule has 7 N–H and O–H groups in total. The summed E-state index contributed by atoms with van der Waals surface area (Å²) in [5.74, 6) is -5.66. The number of aromatic nitrogens is 2. The van der Waals surface area contributed by atoms with E-state index in [1.807, 2.05) is 0 Å². The zero-order valence-corrected chi connectivity index (χ0v) is 24.5. The molecule has 0 fully saturated rings. The molecular formula is C26H21N5O13S2. The molecule has 0 saturated carbocycles. The number of nitrogens with zero attached hydrogens (tertiary/aromatic N) is 4. The molecule has 0 saturated heterocycles. The first-order valence-corrected chi connectivity index (χ1v) is 14.7. The van der Waals surface area contributed by atoms with E-state index in [1.165, 1.54) is 24.4 Å². The van der Waals surface area contributed by atoms with E-state index in [0.29, 0.717) is 15.5 Å². The first-order chi connectivity index (χ1) is 21.7. The third kappa shape index (κ3) is 7.34. The molecule has 0 unspecified atom stereocenters. The van der Waals surface area contributed by atoms with E-state index in [2.05, 4.69) is 24.6 Å². The fraction of sp³-hybridized carbons (Fsp3) is 0.115. The quantitative estimate of drug-likeness (QED) is 0.0389. The molecule has 0 atom stereocenters. The van der Waals surface area contributed by atoms with Gasteiger partial charge in [-0.3, -0.25) is 28.7 Å².